The molecule has 1 aliphatic rings. The normalized spacial score (nSPS) is 15.0. The van der Waals surface area contributed by atoms with E-state index in [0.717, 1.165) is 28.9 Å². The smallest absolute Gasteiger partial charge is 0.213 e. The summed E-state index contributed by atoms with van der Waals surface area (Å²) < 4.78 is 25.4. The molecule has 2 aromatic heterocycles. The first-order valence-corrected chi connectivity index (χ1v) is 9.91. The van der Waals surface area contributed by atoms with Crippen LogP contribution in [0.25, 0.3) is 10.2 Å². The second-order valence-corrected chi connectivity index (χ2v) is 8.59. The van der Waals surface area contributed by atoms with Crippen molar-refractivity contribution < 1.29 is 8.42 Å². The lowest BCUT2D eigenvalue weighted by Gasteiger charge is -2.13. The summed E-state index contributed by atoms with van der Waals surface area (Å²) in [4.78, 5) is 11.5. The third-order valence-electron chi connectivity index (χ3n) is 3.90. The third kappa shape index (κ3) is 3.09. The number of nitrogens with zero attached hydrogens (tertiary/aromatic N) is 2. The summed E-state index contributed by atoms with van der Waals surface area (Å²) in [6.07, 6.45) is 4.60. The molecule has 0 radical (unpaired) electrons. The van der Waals surface area contributed by atoms with E-state index in [-0.39, 0.29) is 5.75 Å². The lowest BCUT2D eigenvalue weighted by atomic mass is 9.97. The van der Waals surface area contributed by atoms with Crippen LogP contribution in [0.3, 0.4) is 0 Å². The van der Waals surface area contributed by atoms with Crippen molar-refractivity contribution in [3.8, 4) is 0 Å². The van der Waals surface area contributed by atoms with Gasteiger partial charge in [0.25, 0.3) is 0 Å². The second kappa shape index (κ2) is 6.10. The number of hydrogen-bond acceptors (Lipinski definition) is 6. The Hall–Kier alpha value is -1.25. The highest BCUT2D eigenvalue weighted by Crippen LogP contribution is 2.38. The monoisotopic (exact) mass is 340 g/mol. The molecule has 2 aromatic rings. The van der Waals surface area contributed by atoms with E-state index in [0.29, 0.717) is 12.4 Å². The van der Waals surface area contributed by atoms with Crippen LogP contribution in [0.15, 0.2) is 0 Å². The SMILES string of the molecule is CNS(=O)(=O)CCNc1nc(C)nc2sc3c(c12)CCCC3. The molecule has 3 rings (SSSR count). The first-order chi connectivity index (χ1) is 10.5. The molecule has 6 nitrogen and oxygen atoms in total. The Morgan fingerprint density at radius 3 is 2.77 bits per heavy atom. The molecule has 0 saturated carbocycles. The summed E-state index contributed by atoms with van der Waals surface area (Å²) in [5.41, 5.74) is 1.35. The van der Waals surface area contributed by atoms with Crippen LogP contribution in [-0.4, -0.2) is 37.7 Å². The van der Waals surface area contributed by atoms with Gasteiger partial charge in [-0.2, -0.15) is 0 Å². The number of sulfonamides is 1. The summed E-state index contributed by atoms with van der Waals surface area (Å²) in [5, 5.41) is 4.28. The van der Waals surface area contributed by atoms with Gasteiger partial charge in [-0.3, -0.25) is 0 Å². The Bertz CT molecular complexity index is 799. The summed E-state index contributed by atoms with van der Waals surface area (Å²) in [5.74, 6) is 1.51. The van der Waals surface area contributed by atoms with Gasteiger partial charge in [-0.25, -0.2) is 23.1 Å². The van der Waals surface area contributed by atoms with Crippen LogP contribution < -0.4 is 10.0 Å². The van der Waals surface area contributed by atoms with Crippen LogP contribution in [0, 0.1) is 6.92 Å². The number of hydrogen-bond donors (Lipinski definition) is 2. The molecule has 0 aliphatic heterocycles. The average Bonchev–Trinajstić information content (AvgIpc) is 2.85. The maximum absolute atomic E-state index is 11.5. The number of rotatable bonds is 5. The van der Waals surface area contributed by atoms with Gasteiger partial charge in [0, 0.05) is 11.4 Å². The van der Waals surface area contributed by atoms with Crippen LogP contribution in [0.4, 0.5) is 5.82 Å². The van der Waals surface area contributed by atoms with Gasteiger partial charge in [0.2, 0.25) is 10.0 Å². The summed E-state index contributed by atoms with van der Waals surface area (Å²) >= 11 is 1.75. The summed E-state index contributed by atoms with van der Waals surface area (Å²) in [6.45, 7) is 2.20. The molecular weight excluding hydrogens is 320 g/mol. The minimum absolute atomic E-state index is 0.0281. The second-order valence-electron chi connectivity index (χ2n) is 5.46. The van der Waals surface area contributed by atoms with Crippen molar-refractivity contribution in [3.05, 3.63) is 16.3 Å². The Labute approximate surface area is 134 Å². The van der Waals surface area contributed by atoms with Gasteiger partial charge in [0.05, 0.1) is 11.1 Å². The fraction of sp³-hybridized carbons (Fsp3) is 0.571. The Balaban J connectivity index is 1.93. The van der Waals surface area contributed by atoms with Crippen LogP contribution in [0.2, 0.25) is 0 Å². The van der Waals surface area contributed by atoms with Crippen LogP contribution in [-0.2, 0) is 22.9 Å². The molecule has 8 heteroatoms. The maximum Gasteiger partial charge on any atom is 0.213 e. The Morgan fingerprint density at radius 2 is 2.00 bits per heavy atom. The number of fused-ring (bicyclic) bond motifs is 3. The number of nitrogens with one attached hydrogen (secondary N) is 2. The highest BCUT2D eigenvalue weighted by molar-refractivity contribution is 7.89. The minimum atomic E-state index is -3.21. The van der Waals surface area contributed by atoms with Crippen LogP contribution in [0.1, 0.15) is 29.1 Å². The zero-order valence-electron chi connectivity index (χ0n) is 12.8. The molecule has 0 unspecified atom stereocenters. The van der Waals surface area contributed by atoms with Gasteiger partial charge in [-0.1, -0.05) is 0 Å². The van der Waals surface area contributed by atoms with Crippen molar-refractivity contribution in [2.45, 2.75) is 32.6 Å². The zero-order chi connectivity index (χ0) is 15.7. The van der Waals surface area contributed by atoms with E-state index < -0.39 is 10.0 Å². The fourth-order valence-electron chi connectivity index (χ4n) is 2.80. The topological polar surface area (TPSA) is 84.0 Å². The Kier molecular flexibility index (Phi) is 4.33. The highest BCUT2D eigenvalue weighted by atomic mass is 32.2. The molecule has 0 atom stereocenters. The predicted molar refractivity (Wildman–Crippen MR) is 90.1 cm³/mol. The molecule has 22 heavy (non-hydrogen) atoms. The van der Waals surface area contributed by atoms with Gasteiger partial charge in [-0.05, 0) is 45.2 Å². The quantitative estimate of drug-likeness (QED) is 0.868. The third-order valence-corrected chi connectivity index (χ3v) is 6.45. The summed E-state index contributed by atoms with van der Waals surface area (Å²) in [7, 11) is -1.78. The molecule has 0 bridgehead atoms. The zero-order valence-corrected chi connectivity index (χ0v) is 14.4. The van der Waals surface area contributed by atoms with Crippen molar-refractivity contribution in [2.75, 3.05) is 24.7 Å². The molecule has 2 heterocycles. The lowest BCUT2D eigenvalue weighted by molar-refractivity contribution is 0.588. The van der Waals surface area contributed by atoms with E-state index in [1.807, 2.05) is 6.92 Å². The standard InChI is InChI=1S/C14H20N4O2S2/c1-9-17-13(16-7-8-22(19,20)15-2)12-10-5-3-4-6-11(10)21-14(12)18-9/h15H,3-8H2,1-2H3,(H,16,17,18). The van der Waals surface area contributed by atoms with E-state index in [1.165, 1.54) is 30.3 Å². The minimum Gasteiger partial charge on any atom is -0.368 e. The highest BCUT2D eigenvalue weighted by Gasteiger charge is 2.20. The fourth-order valence-corrected chi connectivity index (χ4v) is 4.68. The molecule has 0 amide bonds. The van der Waals surface area contributed by atoms with E-state index in [9.17, 15) is 8.42 Å². The van der Waals surface area contributed by atoms with Gasteiger partial charge < -0.3 is 5.32 Å². The van der Waals surface area contributed by atoms with Crippen molar-refractivity contribution in [3.63, 3.8) is 0 Å². The van der Waals surface area contributed by atoms with E-state index >= 15 is 0 Å². The number of anilines is 1. The molecule has 1 aliphatic carbocycles. The molecular formula is C14H20N4O2S2. The molecule has 0 fully saturated rings. The first kappa shape index (κ1) is 15.6. The largest absolute Gasteiger partial charge is 0.368 e. The van der Waals surface area contributed by atoms with Crippen molar-refractivity contribution >= 4 is 37.4 Å². The summed E-state index contributed by atoms with van der Waals surface area (Å²) in [6, 6.07) is 0. The van der Waals surface area contributed by atoms with Gasteiger partial charge in [0.15, 0.2) is 0 Å². The van der Waals surface area contributed by atoms with Gasteiger partial charge >= 0.3 is 0 Å². The van der Waals surface area contributed by atoms with Gasteiger partial charge in [-0.15, -0.1) is 11.3 Å². The predicted octanol–water partition coefficient (Wildman–Crippen LogP) is 1.84. The van der Waals surface area contributed by atoms with Crippen molar-refractivity contribution in [1.82, 2.24) is 14.7 Å². The number of thiophene rings is 1. The lowest BCUT2D eigenvalue weighted by Crippen LogP contribution is -2.26. The maximum atomic E-state index is 11.5. The van der Waals surface area contributed by atoms with Crippen molar-refractivity contribution in [2.24, 2.45) is 0 Å². The van der Waals surface area contributed by atoms with Gasteiger partial charge in [0.1, 0.15) is 16.5 Å². The number of aromatic nitrogens is 2. The molecule has 120 valence electrons. The first-order valence-electron chi connectivity index (χ1n) is 7.44. The van der Waals surface area contributed by atoms with E-state index in [1.54, 1.807) is 11.3 Å². The molecule has 0 aromatic carbocycles. The van der Waals surface area contributed by atoms with Crippen LogP contribution in [0.5, 0.6) is 0 Å². The number of aryl methyl sites for hydroxylation is 3. The van der Waals surface area contributed by atoms with E-state index in [2.05, 4.69) is 20.0 Å². The van der Waals surface area contributed by atoms with Crippen LogP contribution >= 0.6 is 11.3 Å². The van der Waals surface area contributed by atoms with E-state index in [4.69, 9.17) is 0 Å². The Morgan fingerprint density at radius 1 is 1.23 bits per heavy atom. The molecule has 0 spiro atoms. The molecule has 2 N–H and O–H groups in total. The average molecular weight is 340 g/mol. The molecule has 0 saturated heterocycles. The van der Waals surface area contributed by atoms with Crippen molar-refractivity contribution in [1.29, 1.82) is 0 Å².